The van der Waals surface area contributed by atoms with Crippen LogP contribution in [0.5, 0.6) is 5.75 Å². The second kappa shape index (κ2) is 7.01. The van der Waals surface area contributed by atoms with Gasteiger partial charge in [0.2, 0.25) is 5.91 Å². The predicted molar refractivity (Wildman–Crippen MR) is 72.6 cm³/mol. The summed E-state index contributed by atoms with van der Waals surface area (Å²) in [6, 6.07) is 7.79. The molecule has 0 fully saturated rings. The molecule has 18 heavy (non-hydrogen) atoms. The minimum Gasteiger partial charge on any atom is -0.497 e. The van der Waals surface area contributed by atoms with Gasteiger partial charge in [-0.3, -0.25) is 4.79 Å². The lowest BCUT2D eigenvalue weighted by molar-refractivity contribution is -0.130. The molecule has 1 amide bonds. The van der Waals surface area contributed by atoms with Gasteiger partial charge in [-0.25, -0.2) is 0 Å². The van der Waals surface area contributed by atoms with E-state index < -0.39 is 0 Å². The van der Waals surface area contributed by atoms with Crippen molar-refractivity contribution in [3.63, 3.8) is 0 Å². The molecule has 1 aromatic carbocycles. The number of benzene rings is 1. The lowest BCUT2D eigenvalue weighted by atomic mass is 10.2. The van der Waals surface area contributed by atoms with E-state index in [0.717, 1.165) is 17.9 Å². The lowest BCUT2D eigenvalue weighted by Gasteiger charge is -2.19. The monoisotopic (exact) mass is 250 g/mol. The van der Waals surface area contributed by atoms with E-state index in [4.69, 9.17) is 4.74 Å². The summed E-state index contributed by atoms with van der Waals surface area (Å²) < 4.78 is 5.17. The van der Waals surface area contributed by atoms with Crippen LogP contribution in [-0.4, -0.2) is 50.5 Å². The first kappa shape index (κ1) is 14.5. The number of hydrogen-bond acceptors (Lipinski definition) is 3. The second-order valence-corrected chi connectivity index (χ2v) is 4.65. The van der Waals surface area contributed by atoms with E-state index in [0.29, 0.717) is 13.0 Å². The summed E-state index contributed by atoms with van der Waals surface area (Å²) >= 11 is 0. The molecule has 0 spiro atoms. The first-order valence-electron chi connectivity index (χ1n) is 6.04. The van der Waals surface area contributed by atoms with Crippen molar-refractivity contribution in [1.82, 2.24) is 9.80 Å². The maximum absolute atomic E-state index is 11.9. The molecule has 100 valence electrons. The number of amides is 1. The summed E-state index contributed by atoms with van der Waals surface area (Å²) in [5, 5.41) is 0. The summed E-state index contributed by atoms with van der Waals surface area (Å²) in [5.41, 5.74) is 1.08. The molecule has 0 atom stereocenters. The van der Waals surface area contributed by atoms with Crippen molar-refractivity contribution in [2.24, 2.45) is 0 Å². The van der Waals surface area contributed by atoms with Crippen molar-refractivity contribution < 1.29 is 9.53 Å². The lowest BCUT2D eigenvalue weighted by Crippen LogP contribution is -2.29. The van der Waals surface area contributed by atoms with E-state index >= 15 is 0 Å². The van der Waals surface area contributed by atoms with Gasteiger partial charge in [-0.2, -0.15) is 0 Å². The number of carbonyl (C=O) groups excluding carboxylic acids is 1. The third-order valence-electron chi connectivity index (χ3n) is 2.75. The van der Waals surface area contributed by atoms with Crippen molar-refractivity contribution in [3.05, 3.63) is 29.8 Å². The fourth-order valence-corrected chi connectivity index (χ4v) is 1.64. The zero-order chi connectivity index (χ0) is 13.5. The molecule has 0 radical (unpaired) electrons. The van der Waals surface area contributed by atoms with E-state index in [1.54, 1.807) is 12.0 Å². The highest BCUT2D eigenvalue weighted by atomic mass is 16.5. The van der Waals surface area contributed by atoms with Gasteiger partial charge in [0.05, 0.1) is 7.11 Å². The van der Waals surface area contributed by atoms with E-state index in [1.807, 2.05) is 50.3 Å². The average Bonchev–Trinajstić information content (AvgIpc) is 2.36. The van der Waals surface area contributed by atoms with Gasteiger partial charge in [0.15, 0.2) is 0 Å². The Kier molecular flexibility index (Phi) is 5.65. The van der Waals surface area contributed by atoms with Gasteiger partial charge >= 0.3 is 0 Å². The largest absolute Gasteiger partial charge is 0.497 e. The van der Waals surface area contributed by atoms with Crippen molar-refractivity contribution in [2.75, 3.05) is 34.8 Å². The summed E-state index contributed by atoms with van der Waals surface area (Å²) in [5.74, 6) is 0.980. The van der Waals surface area contributed by atoms with Gasteiger partial charge < -0.3 is 14.5 Å². The fraction of sp³-hybridized carbons (Fsp3) is 0.500. The van der Waals surface area contributed by atoms with Gasteiger partial charge in [-0.1, -0.05) is 12.1 Å². The second-order valence-electron chi connectivity index (χ2n) is 4.65. The Labute approximate surface area is 109 Å². The van der Waals surface area contributed by atoms with E-state index in [-0.39, 0.29) is 5.91 Å². The third-order valence-corrected chi connectivity index (χ3v) is 2.75. The Morgan fingerprint density at radius 3 is 2.61 bits per heavy atom. The topological polar surface area (TPSA) is 32.8 Å². The zero-order valence-electron chi connectivity index (χ0n) is 11.6. The van der Waals surface area contributed by atoms with E-state index in [9.17, 15) is 4.79 Å². The molecule has 1 aromatic rings. The summed E-state index contributed by atoms with van der Waals surface area (Å²) in [6.45, 7) is 1.39. The van der Waals surface area contributed by atoms with Gasteiger partial charge in [-0.05, 0) is 31.8 Å². The Bertz CT molecular complexity index is 391. The summed E-state index contributed by atoms with van der Waals surface area (Å²) in [7, 11) is 7.41. The predicted octanol–water partition coefficient (Wildman–Crippen LogP) is 1.61. The number of rotatable bonds is 6. The van der Waals surface area contributed by atoms with Gasteiger partial charge in [0, 0.05) is 26.6 Å². The van der Waals surface area contributed by atoms with E-state index in [1.165, 1.54) is 0 Å². The van der Waals surface area contributed by atoms with Crippen LogP contribution >= 0.6 is 0 Å². The van der Waals surface area contributed by atoms with Gasteiger partial charge in [-0.15, -0.1) is 0 Å². The maximum Gasteiger partial charge on any atom is 0.223 e. The van der Waals surface area contributed by atoms with Gasteiger partial charge in [0.25, 0.3) is 0 Å². The molecule has 1 rings (SSSR count). The molecular weight excluding hydrogens is 228 g/mol. The standard InChI is InChI=1S/C14H22N2O2/c1-15(2)9-8-14(17)16(3)11-12-6-5-7-13(10-12)18-4/h5-7,10H,8-9,11H2,1-4H3. The summed E-state index contributed by atoms with van der Waals surface area (Å²) in [6.07, 6.45) is 0.549. The van der Waals surface area contributed by atoms with Crippen LogP contribution in [0.15, 0.2) is 24.3 Å². The van der Waals surface area contributed by atoms with Crippen LogP contribution in [0.4, 0.5) is 0 Å². The molecule has 0 bridgehead atoms. The summed E-state index contributed by atoms with van der Waals surface area (Å²) in [4.78, 5) is 15.6. The first-order valence-corrected chi connectivity index (χ1v) is 6.04. The molecular formula is C14H22N2O2. The Hall–Kier alpha value is -1.55. The highest BCUT2D eigenvalue weighted by Crippen LogP contribution is 2.14. The molecule has 0 N–H and O–H groups in total. The first-order chi connectivity index (χ1) is 8.52. The minimum atomic E-state index is 0.159. The van der Waals surface area contributed by atoms with Crippen molar-refractivity contribution in [2.45, 2.75) is 13.0 Å². The minimum absolute atomic E-state index is 0.159. The molecule has 4 heteroatoms. The Morgan fingerprint density at radius 1 is 1.28 bits per heavy atom. The average molecular weight is 250 g/mol. The quantitative estimate of drug-likeness (QED) is 0.769. The number of carbonyl (C=O) groups is 1. The van der Waals surface area contributed by atoms with Crippen LogP contribution in [0.1, 0.15) is 12.0 Å². The van der Waals surface area contributed by atoms with E-state index in [2.05, 4.69) is 0 Å². The molecule has 0 aliphatic heterocycles. The smallest absolute Gasteiger partial charge is 0.223 e. The Balaban J connectivity index is 2.52. The van der Waals surface area contributed by atoms with Crippen molar-refractivity contribution >= 4 is 5.91 Å². The molecule has 4 nitrogen and oxygen atoms in total. The van der Waals surface area contributed by atoms with Crippen LogP contribution in [0.3, 0.4) is 0 Å². The van der Waals surface area contributed by atoms with Crippen LogP contribution in [0.25, 0.3) is 0 Å². The van der Waals surface area contributed by atoms with Gasteiger partial charge in [0.1, 0.15) is 5.75 Å². The molecule has 0 unspecified atom stereocenters. The zero-order valence-corrected chi connectivity index (χ0v) is 11.6. The van der Waals surface area contributed by atoms with Crippen molar-refractivity contribution in [1.29, 1.82) is 0 Å². The molecule has 0 aliphatic carbocycles. The van der Waals surface area contributed by atoms with Crippen molar-refractivity contribution in [3.8, 4) is 5.75 Å². The number of methoxy groups -OCH3 is 1. The third kappa shape index (κ3) is 4.75. The normalized spacial score (nSPS) is 10.5. The SMILES string of the molecule is COc1cccc(CN(C)C(=O)CCN(C)C)c1. The number of ether oxygens (including phenoxy) is 1. The van der Waals surface area contributed by atoms with Crippen LogP contribution in [-0.2, 0) is 11.3 Å². The molecule has 0 aromatic heterocycles. The van der Waals surface area contributed by atoms with Crippen LogP contribution in [0.2, 0.25) is 0 Å². The highest BCUT2D eigenvalue weighted by Gasteiger charge is 2.09. The molecule has 0 saturated heterocycles. The molecule has 0 heterocycles. The highest BCUT2D eigenvalue weighted by molar-refractivity contribution is 5.76. The van der Waals surface area contributed by atoms with Crippen LogP contribution < -0.4 is 4.74 Å². The Morgan fingerprint density at radius 2 is 2.00 bits per heavy atom. The van der Waals surface area contributed by atoms with Crippen LogP contribution in [0, 0.1) is 0 Å². The maximum atomic E-state index is 11.9. The molecule has 0 aliphatic rings. The number of nitrogens with zero attached hydrogens (tertiary/aromatic N) is 2. The fourth-order valence-electron chi connectivity index (χ4n) is 1.64. The number of hydrogen-bond donors (Lipinski definition) is 0. The molecule has 0 saturated carbocycles.